The number of para-hydroxylation sites is 1. The first-order valence-corrected chi connectivity index (χ1v) is 14.5. The molecule has 1 aliphatic carbocycles. The molecule has 9 heteroatoms. The summed E-state index contributed by atoms with van der Waals surface area (Å²) < 4.78 is 14.3. The zero-order valence-electron chi connectivity index (χ0n) is 25.2. The van der Waals surface area contributed by atoms with Gasteiger partial charge in [0.05, 0.1) is 5.69 Å². The van der Waals surface area contributed by atoms with Crippen molar-refractivity contribution in [3.05, 3.63) is 110 Å². The molecule has 1 heterocycles. The third-order valence-electron chi connectivity index (χ3n) is 7.22. The zero-order valence-corrected chi connectivity index (χ0v) is 32.4. The number of nitrogens with zero attached hydrogens (tertiary/aromatic N) is 4. The smallest absolute Gasteiger partial charge is 0.213 e. The topological polar surface area (TPSA) is 68.9 Å². The van der Waals surface area contributed by atoms with E-state index in [1.807, 2.05) is 48.5 Å². The normalized spacial score (nSPS) is 13.5. The summed E-state index contributed by atoms with van der Waals surface area (Å²) in [5, 5.41) is 8.67. The average molecular weight is 846 g/mol. The van der Waals surface area contributed by atoms with Gasteiger partial charge in [-0.3, -0.25) is 0 Å². The van der Waals surface area contributed by atoms with Crippen LogP contribution in [0.15, 0.2) is 79.0 Å². The van der Waals surface area contributed by atoms with E-state index in [4.69, 9.17) is 10.9 Å². The van der Waals surface area contributed by atoms with Crippen LogP contribution in [0.3, 0.4) is 0 Å². The molecule has 0 amide bonds. The molecule has 6 nitrogen and oxygen atoms in total. The van der Waals surface area contributed by atoms with Crippen molar-refractivity contribution in [3.8, 4) is 0 Å². The molecule has 0 atom stereocenters. The van der Waals surface area contributed by atoms with E-state index in [-0.39, 0.29) is 7.43 Å². The molecule has 42 heavy (non-hydrogen) atoms. The van der Waals surface area contributed by atoms with Gasteiger partial charge in [0, 0.05) is 18.3 Å². The monoisotopic (exact) mass is 845 g/mol. The number of aromatic nitrogens is 1. The van der Waals surface area contributed by atoms with Gasteiger partial charge < -0.3 is 45.5 Å². The second-order valence-electron chi connectivity index (χ2n) is 10.2. The molecular weight excluding hydrogens is 800 g/mol. The van der Waals surface area contributed by atoms with E-state index >= 15 is 0 Å². The molecule has 0 spiro atoms. The molecule has 3 N–H and O–H groups in total. The quantitative estimate of drug-likeness (QED) is 0.0696. The molecule has 0 saturated heterocycles. The van der Waals surface area contributed by atoms with E-state index in [2.05, 4.69) is 40.7 Å². The van der Waals surface area contributed by atoms with E-state index in [1.165, 1.54) is 38.2 Å². The molecular formula is C33H45FN5ORfS-3. The largest absolute Gasteiger partial charge is 0.633 e. The van der Waals surface area contributed by atoms with Gasteiger partial charge in [-0.05, 0) is 82.8 Å². The van der Waals surface area contributed by atoms with Gasteiger partial charge in [-0.15, -0.1) is 35.9 Å². The molecule has 2 aromatic carbocycles. The van der Waals surface area contributed by atoms with Crippen LogP contribution in [-0.4, -0.2) is 52.7 Å². The minimum Gasteiger partial charge on any atom is -0.633 e. The summed E-state index contributed by atoms with van der Waals surface area (Å²) in [4.78, 5) is 8.91. The van der Waals surface area contributed by atoms with Crippen molar-refractivity contribution < 1.29 is 9.60 Å². The molecule has 3 aromatic rings. The predicted molar refractivity (Wildman–Crippen MR) is 170 cm³/mol. The Morgan fingerprint density at radius 3 is 2.31 bits per heavy atom. The third kappa shape index (κ3) is 12.7. The summed E-state index contributed by atoms with van der Waals surface area (Å²) in [7, 11) is 2.27. The first-order chi connectivity index (χ1) is 19.5. The van der Waals surface area contributed by atoms with Crippen molar-refractivity contribution >= 4 is 24.1 Å². The fraction of sp³-hybridized carbons (Fsp3) is 0.394. The molecule has 1 aromatic heterocycles. The summed E-state index contributed by atoms with van der Waals surface area (Å²) in [5.41, 5.74) is 9.34. The number of halogens is 1. The summed E-state index contributed by atoms with van der Waals surface area (Å²) in [5.74, 6) is -0.433. The Morgan fingerprint density at radius 2 is 1.71 bits per heavy atom. The molecule has 0 unspecified atom stereocenters. The van der Waals surface area contributed by atoms with Crippen LogP contribution >= 0.6 is 0 Å². The number of hydrogen-bond donors (Lipinski definition) is 2. The van der Waals surface area contributed by atoms with Gasteiger partial charge in [0.15, 0.2) is 0 Å². The standard InChI is InChI=1S/C26H36FN4.C6H6NOS.CH3.Rf/c1-30(25-14-6-3-7-15-25)17-8-9-18-31(21-24-13-10-16-26(27)29-24)20-23(19-28)22-11-4-2-5-12-22;8-7(9)6-4-2-1-3-5-6;;/h2,4-5,10-11,13,16,19,25H,3,6-9,14-15,17-18,20-21,28H2,1H3;1-5,8H;1H3;/q3*-1;/b23-19-;;;. The van der Waals surface area contributed by atoms with Crippen molar-refractivity contribution in [2.45, 2.75) is 57.5 Å². The van der Waals surface area contributed by atoms with Crippen LogP contribution in [0.25, 0.3) is 5.57 Å². The van der Waals surface area contributed by atoms with Crippen LogP contribution < -0.4 is 10.2 Å². The number of rotatable bonds is 12. The van der Waals surface area contributed by atoms with Crippen LogP contribution in [0.2, 0.25) is 0 Å². The molecule has 0 radical (unpaired) electrons. The Labute approximate surface area is 252 Å². The fourth-order valence-corrected chi connectivity index (χ4v) is 5.12. The fourth-order valence-electron chi connectivity index (χ4n) is 5.00. The van der Waals surface area contributed by atoms with Gasteiger partial charge in [0.1, 0.15) is 0 Å². The van der Waals surface area contributed by atoms with E-state index in [1.54, 1.807) is 24.4 Å². The number of benzene rings is 2. The maximum absolute atomic E-state index is 13.6. The summed E-state index contributed by atoms with van der Waals surface area (Å²) >= 11 is 4.43. The Morgan fingerprint density at radius 1 is 1.02 bits per heavy atom. The van der Waals surface area contributed by atoms with Crippen molar-refractivity contribution in [2.24, 2.45) is 5.73 Å². The van der Waals surface area contributed by atoms with Crippen LogP contribution in [0.5, 0.6) is 0 Å². The van der Waals surface area contributed by atoms with Gasteiger partial charge >= 0.3 is 0 Å². The van der Waals surface area contributed by atoms with Crippen LogP contribution in [-0.2, 0) is 19.4 Å². The van der Waals surface area contributed by atoms with Crippen LogP contribution in [0, 0.1) is 19.4 Å². The van der Waals surface area contributed by atoms with E-state index in [0.29, 0.717) is 23.2 Å². The molecule has 4 rings (SSSR count). The van der Waals surface area contributed by atoms with E-state index < -0.39 is 5.95 Å². The first-order valence-electron chi connectivity index (χ1n) is 14.1. The Bertz CT molecular complexity index is 1130. The van der Waals surface area contributed by atoms with E-state index in [9.17, 15) is 4.39 Å². The van der Waals surface area contributed by atoms with Crippen molar-refractivity contribution in [1.29, 1.82) is 0 Å². The zero-order chi connectivity index (χ0) is 28.6. The van der Waals surface area contributed by atoms with Gasteiger partial charge in [0.2, 0.25) is 5.95 Å². The van der Waals surface area contributed by atoms with Crippen molar-refractivity contribution in [3.63, 3.8) is 0 Å². The third-order valence-corrected chi connectivity index (χ3v) is 7.43. The van der Waals surface area contributed by atoms with Crippen LogP contribution in [0.4, 0.5) is 10.1 Å². The number of nitrogens with two attached hydrogens (primary N) is 1. The first kappa shape index (κ1) is 36.1. The Kier molecular flexibility index (Phi) is 17.2. The van der Waals surface area contributed by atoms with Gasteiger partial charge in [-0.2, -0.15) is 4.39 Å². The number of unbranched alkanes of at least 4 members (excludes halogenated alkanes) is 1. The number of anilines is 1. The Hall–Kier alpha value is -3.91. The van der Waals surface area contributed by atoms with Crippen molar-refractivity contribution in [1.82, 2.24) is 14.8 Å². The number of hydrogen-bond acceptors (Lipinski definition) is 7. The van der Waals surface area contributed by atoms with Gasteiger partial charge in [-0.1, -0.05) is 49.1 Å². The summed E-state index contributed by atoms with van der Waals surface area (Å²) in [6.07, 6.45) is 10.7. The van der Waals surface area contributed by atoms with Gasteiger partial charge in [-0.25, -0.2) is 4.98 Å². The SMILES string of the molecule is CN(CCCCN(C/C(=C/N)c1[c-]cccc1)Cc1cccc(F)n1)C1CCCCC1.ON([S-])c1ccccc1.[CH3-].[Rf]. The second-order valence-corrected chi connectivity index (χ2v) is 10.6. The maximum atomic E-state index is 13.6. The van der Waals surface area contributed by atoms with Crippen molar-refractivity contribution in [2.75, 3.05) is 31.2 Å². The second kappa shape index (κ2) is 20.0. The molecule has 0 bridgehead atoms. The van der Waals surface area contributed by atoms with E-state index in [0.717, 1.165) is 48.8 Å². The number of pyridine rings is 1. The summed E-state index contributed by atoms with van der Waals surface area (Å²) in [6, 6.07) is 25.8. The summed E-state index contributed by atoms with van der Waals surface area (Å²) in [6.45, 7) is 3.33. The molecule has 226 valence electrons. The van der Waals surface area contributed by atoms with Crippen LogP contribution in [0.1, 0.15) is 56.2 Å². The molecule has 1 fully saturated rings. The minimum atomic E-state index is -0.433. The van der Waals surface area contributed by atoms with Gasteiger partial charge in [0.25, 0.3) is 0 Å². The minimum absolute atomic E-state index is 0. The predicted octanol–water partition coefficient (Wildman–Crippen LogP) is 6.66. The average Bonchev–Trinajstić information content (AvgIpc) is 2.99. The molecule has 1 aliphatic rings. The Balaban J connectivity index is 0.000000687. The molecule has 0 aliphatic heterocycles. The molecule has 1 saturated carbocycles. The maximum Gasteiger partial charge on any atom is 0.213 e.